The monoisotopic (exact) mass is 471 g/mol. The molecule has 0 fully saturated rings. The Bertz CT molecular complexity index is 1500. The highest BCUT2D eigenvalue weighted by Crippen LogP contribution is 2.32. The molecule has 7 heteroatoms. The maximum Gasteiger partial charge on any atom is 0.337 e. The molecule has 0 spiro atoms. The van der Waals surface area contributed by atoms with E-state index in [9.17, 15) is 19.5 Å². The molecule has 0 bridgehead atoms. The van der Waals surface area contributed by atoms with Gasteiger partial charge in [-0.1, -0.05) is 30.3 Å². The predicted molar refractivity (Wildman–Crippen MR) is 134 cm³/mol. The maximum absolute atomic E-state index is 13.3. The zero-order chi connectivity index (χ0) is 25.3. The Balaban J connectivity index is 1.85. The fourth-order valence-electron chi connectivity index (χ4n) is 4.15. The minimum absolute atomic E-state index is 0.151. The van der Waals surface area contributed by atoms with Crippen LogP contribution in [0.3, 0.4) is 0 Å². The molecular formula is C28H25NO6. The molecule has 3 aromatic carbocycles. The van der Waals surface area contributed by atoms with Crippen LogP contribution >= 0.6 is 0 Å². The van der Waals surface area contributed by atoms with Gasteiger partial charge in [-0.15, -0.1) is 0 Å². The molecular weight excluding hydrogens is 446 g/mol. The highest BCUT2D eigenvalue weighted by atomic mass is 16.5. The van der Waals surface area contributed by atoms with Crippen LogP contribution in [0.4, 0.5) is 5.69 Å². The lowest BCUT2D eigenvalue weighted by Crippen LogP contribution is -2.14. The first kappa shape index (κ1) is 23.8. The van der Waals surface area contributed by atoms with Crippen molar-refractivity contribution in [3.05, 3.63) is 98.7 Å². The summed E-state index contributed by atoms with van der Waals surface area (Å²) < 4.78 is 11.1. The largest absolute Gasteiger partial charge is 0.478 e. The van der Waals surface area contributed by atoms with Gasteiger partial charge in [-0.3, -0.25) is 4.79 Å². The normalized spacial score (nSPS) is 11.8. The Kier molecular flexibility index (Phi) is 6.42. The van der Waals surface area contributed by atoms with Crippen molar-refractivity contribution >= 4 is 28.6 Å². The first-order chi connectivity index (χ1) is 16.7. The standard InChI is InChI=1S/C28H25NO6/c1-15-13-21(17(3)29-23-8-6-5-7-20(23)27(31)32)26-22(14-15)24(30)16(2)25(35-26)18-9-11-19(12-10-18)28(33)34-4/h5-14,17,29H,1-4H3,(H,31,32)/t17-/m1/s1. The third-order valence-electron chi connectivity index (χ3n) is 5.96. The molecule has 7 nitrogen and oxygen atoms in total. The van der Waals surface area contributed by atoms with Crippen molar-refractivity contribution in [2.45, 2.75) is 26.8 Å². The van der Waals surface area contributed by atoms with Gasteiger partial charge in [-0.25, -0.2) is 9.59 Å². The molecule has 0 amide bonds. The van der Waals surface area contributed by atoms with Gasteiger partial charge in [0.25, 0.3) is 0 Å². The van der Waals surface area contributed by atoms with Crippen molar-refractivity contribution in [1.29, 1.82) is 0 Å². The average molecular weight is 472 g/mol. The molecule has 2 N–H and O–H groups in total. The smallest absolute Gasteiger partial charge is 0.337 e. The van der Waals surface area contributed by atoms with Crippen LogP contribution in [0.15, 0.2) is 69.9 Å². The van der Waals surface area contributed by atoms with E-state index in [0.717, 1.165) is 11.1 Å². The summed E-state index contributed by atoms with van der Waals surface area (Å²) in [5.41, 5.74) is 4.00. The van der Waals surface area contributed by atoms with Gasteiger partial charge in [0, 0.05) is 22.4 Å². The van der Waals surface area contributed by atoms with E-state index in [1.54, 1.807) is 55.5 Å². The number of aromatic carboxylic acids is 1. The topological polar surface area (TPSA) is 106 Å². The summed E-state index contributed by atoms with van der Waals surface area (Å²) >= 11 is 0. The van der Waals surface area contributed by atoms with E-state index in [1.165, 1.54) is 13.2 Å². The van der Waals surface area contributed by atoms with Gasteiger partial charge in [-0.2, -0.15) is 0 Å². The van der Waals surface area contributed by atoms with E-state index >= 15 is 0 Å². The fraction of sp³-hybridized carbons (Fsp3) is 0.179. The van der Waals surface area contributed by atoms with E-state index in [2.05, 4.69) is 5.32 Å². The van der Waals surface area contributed by atoms with Crippen molar-refractivity contribution in [2.24, 2.45) is 0 Å². The number of nitrogens with one attached hydrogen (secondary N) is 1. The fourth-order valence-corrected chi connectivity index (χ4v) is 4.15. The van der Waals surface area contributed by atoms with Crippen LogP contribution in [-0.4, -0.2) is 24.2 Å². The summed E-state index contributed by atoms with van der Waals surface area (Å²) in [5, 5.41) is 13.2. The van der Waals surface area contributed by atoms with Gasteiger partial charge >= 0.3 is 11.9 Å². The minimum atomic E-state index is -1.03. The molecule has 35 heavy (non-hydrogen) atoms. The summed E-state index contributed by atoms with van der Waals surface area (Å²) in [4.78, 5) is 36.8. The zero-order valence-corrected chi connectivity index (χ0v) is 19.8. The Labute approximate surface area is 202 Å². The van der Waals surface area contributed by atoms with Gasteiger partial charge < -0.3 is 19.6 Å². The van der Waals surface area contributed by atoms with Gasteiger partial charge in [-0.05, 0) is 56.7 Å². The van der Waals surface area contributed by atoms with Crippen LogP contribution < -0.4 is 10.7 Å². The summed E-state index contributed by atoms with van der Waals surface area (Å²) in [6.45, 7) is 5.49. The number of methoxy groups -OCH3 is 1. The van der Waals surface area contributed by atoms with E-state index in [1.807, 2.05) is 19.9 Å². The number of carboxylic acids is 1. The number of carbonyl (C=O) groups excluding carboxylic acids is 1. The van der Waals surface area contributed by atoms with Crippen LogP contribution in [0.1, 0.15) is 50.4 Å². The van der Waals surface area contributed by atoms with E-state index in [-0.39, 0.29) is 17.0 Å². The highest BCUT2D eigenvalue weighted by molar-refractivity contribution is 5.94. The molecule has 4 aromatic rings. The van der Waals surface area contributed by atoms with Gasteiger partial charge in [0.2, 0.25) is 0 Å². The van der Waals surface area contributed by atoms with Crippen LogP contribution in [0, 0.1) is 13.8 Å². The maximum atomic E-state index is 13.3. The lowest BCUT2D eigenvalue weighted by atomic mass is 9.98. The average Bonchev–Trinajstić information content (AvgIpc) is 2.85. The quantitative estimate of drug-likeness (QED) is 0.346. The summed E-state index contributed by atoms with van der Waals surface area (Å²) in [6.07, 6.45) is 0. The van der Waals surface area contributed by atoms with Crippen LogP contribution in [0.2, 0.25) is 0 Å². The zero-order valence-electron chi connectivity index (χ0n) is 19.8. The molecule has 1 heterocycles. The van der Waals surface area contributed by atoms with Crippen molar-refractivity contribution < 1.29 is 23.8 Å². The number of esters is 1. The number of carboxylic acid groups (broad SMARTS) is 1. The Morgan fingerprint density at radius 3 is 2.37 bits per heavy atom. The molecule has 0 saturated heterocycles. The van der Waals surface area contributed by atoms with E-state index in [0.29, 0.717) is 39.1 Å². The van der Waals surface area contributed by atoms with Gasteiger partial charge in [0.05, 0.1) is 29.7 Å². The summed E-state index contributed by atoms with van der Waals surface area (Å²) in [5.74, 6) is -1.08. The van der Waals surface area contributed by atoms with E-state index in [4.69, 9.17) is 9.15 Å². The summed E-state index contributed by atoms with van der Waals surface area (Å²) in [7, 11) is 1.32. The van der Waals surface area contributed by atoms with Crippen molar-refractivity contribution in [3.63, 3.8) is 0 Å². The Hall–Kier alpha value is -4.39. The number of benzene rings is 3. The second-order valence-electron chi connectivity index (χ2n) is 8.40. The van der Waals surface area contributed by atoms with Crippen LogP contribution in [-0.2, 0) is 4.74 Å². The van der Waals surface area contributed by atoms with Crippen molar-refractivity contribution in [1.82, 2.24) is 0 Å². The molecule has 1 aromatic heterocycles. The van der Waals surface area contributed by atoms with Gasteiger partial charge in [0.15, 0.2) is 5.43 Å². The number of rotatable bonds is 6. The Morgan fingerprint density at radius 1 is 1.03 bits per heavy atom. The van der Waals surface area contributed by atoms with Crippen molar-refractivity contribution in [3.8, 4) is 11.3 Å². The number of para-hydroxylation sites is 1. The number of hydrogen-bond donors (Lipinski definition) is 2. The molecule has 0 aliphatic heterocycles. The lowest BCUT2D eigenvalue weighted by Gasteiger charge is -2.20. The SMILES string of the molecule is COC(=O)c1ccc(-c2oc3c([C@@H](C)Nc4ccccc4C(=O)O)cc(C)cc3c(=O)c2C)cc1. The number of carbonyl (C=O) groups is 2. The second kappa shape index (κ2) is 9.46. The highest BCUT2D eigenvalue weighted by Gasteiger charge is 2.20. The number of fused-ring (bicyclic) bond motifs is 1. The third-order valence-corrected chi connectivity index (χ3v) is 5.96. The summed E-state index contributed by atoms with van der Waals surface area (Å²) in [6, 6.07) is 16.7. The molecule has 0 aliphatic rings. The predicted octanol–water partition coefficient (Wildman–Crippen LogP) is 5.73. The second-order valence-corrected chi connectivity index (χ2v) is 8.40. The number of aryl methyl sites for hydroxylation is 1. The van der Waals surface area contributed by atoms with Crippen molar-refractivity contribution in [2.75, 3.05) is 12.4 Å². The number of ether oxygens (including phenoxy) is 1. The van der Waals surface area contributed by atoms with E-state index < -0.39 is 11.9 Å². The lowest BCUT2D eigenvalue weighted by molar-refractivity contribution is 0.0599. The molecule has 0 radical (unpaired) electrons. The van der Waals surface area contributed by atoms with Crippen LogP contribution in [0.25, 0.3) is 22.3 Å². The molecule has 0 unspecified atom stereocenters. The van der Waals surface area contributed by atoms with Gasteiger partial charge in [0.1, 0.15) is 11.3 Å². The third kappa shape index (κ3) is 4.53. The molecule has 4 rings (SSSR count). The Morgan fingerprint density at radius 2 is 1.71 bits per heavy atom. The minimum Gasteiger partial charge on any atom is -0.478 e. The first-order valence-corrected chi connectivity index (χ1v) is 11.1. The van der Waals surface area contributed by atoms with Crippen LogP contribution in [0.5, 0.6) is 0 Å². The first-order valence-electron chi connectivity index (χ1n) is 11.1. The molecule has 0 aliphatic carbocycles. The number of anilines is 1. The molecule has 1 atom stereocenters. The molecule has 0 saturated carbocycles. The molecule has 178 valence electrons. The number of hydrogen-bond acceptors (Lipinski definition) is 6.